The minimum Gasteiger partial charge on any atom is -1.00 e. The van der Waals surface area contributed by atoms with Gasteiger partial charge in [0.1, 0.15) is 55.0 Å². The van der Waals surface area contributed by atoms with Crippen LogP contribution in [0.5, 0.6) is 23.0 Å². The number of benzene rings is 2. The lowest BCUT2D eigenvalue weighted by Gasteiger charge is -2.32. The van der Waals surface area contributed by atoms with Gasteiger partial charge in [-0.1, -0.05) is 0 Å². The number of aliphatic hydroxyl groups excluding tert-OH is 2. The number of aliphatic hydroxyl groups is 2. The molecule has 0 aromatic heterocycles. The molecule has 2 unspecified atom stereocenters. The summed E-state index contributed by atoms with van der Waals surface area (Å²) in [5.74, 6) is 2.91. The molecule has 2 atom stereocenters. The summed E-state index contributed by atoms with van der Waals surface area (Å²) >= 11 is 0. The summed E-state index contributed by atoms with van der Waals surface area (Å²) in [6.07, 6.45) is -1.20. The van der Waals surface area contributed by atoms with Gasteiger partial charge in [-0.2, -0.15) is 0 Å². The molecule has 2 aromatic rings. The third-order valence-electron chi connectivity index (χ3n) is 4.98. The summed E-state index contributed by atoms with van der Waals surface area (Å²) < 4.78 is 22.1. The lowest BCUT2D eigenvalue weighted by molar-refractivity contribution is -0.892. The van der Waals surface area contributed by atoms with Crippen molar-refractivity contribution in [1.82, 2.24) is 5.32 Å². The van der Waals surface area contributed by atoms with Gasteiger partial charge < -0.3 is 51.4 Å². The van der Waals surface area contributed by atoms with Crippen LogP contribution in [0.3, 0.4) is 0 Å². The van der Waals surface area contributed by atoms with Crippen molar-refractivity contribution in [3.63, 3.8) is 0 Å². The number of likely N-dealkylation sites (N-methyl/N-ethyl adjacent to an activating group) is 1. The van der Waals surface area contributed by atoms with Gasteiger partial charge in [0.2, 0.25) is 0 Å². The lowest BCUT2D eigenvalue weighted by Crippen LogP contribution is -3.00. The molecule has 10 heteroatoms. The van der Waals surface area contributed by atoms with Crippen molar-refractivity contribution in [2.45, 2.75) is 12.2 Å². The second kappa shape index (κ2) is 16.6. The van der Waals surface area contributed by atoms with Crippen LogP contribution in [0.15, 0.2) is 48.5 Å². The standard InChI is InChI=1S/C24H37N2O6.2ClH/c1-26(2,16-20(28)18-32-24-11-7-22(30-4)8-12-24)14-13-25-15-19(27)17-31-23-9-5-21(29-3)6-10-23;;/h5-12,19-20,25,27-28H,13-18H2,1-4H3;2*1H/q+1;;/p-1. The number of hydrogen-bond donors (Lipinski definition) is 3. The highest BCUT2D eigenvalue weighted by Gasteiger charge is 2.21. The van der Waals surface area contributed by atoms with E-state index in [0.717, 1.165) is 18.0 Å². The first-order chi connectivity index (χ1) is 15.3. The average molecular weight is 521 g/mol. The number of hydrogen-bond acceptors (Lipinski definition) is 7. The lowest BCUT2D eigenvalue weighted by atomic mass is 10.3. The zero-order valence-corrected chi connectivity index (χ0v) is 21.8. The van der Waals surface area contributed by atoms with E-state index in [4.69, 9.17) is 18.9 Å². The maximum Gasteiger partial charge on any atom is 0.137 e. The van der Waals surface area contributed by atoms with Crippen molar-refractivity contribution >= 4 is 12.4 Å². The molecule has 0 amide bonds. The van der Waals surface area contributed by atoms with E-state index in [1.807, 2.05) is 48.5 Å². The molecule has 0 radical (unpaired) electrons. The van der Waals surface area contributed by atoms with Crippen LogP contribution in [-0.4, -0.2) is 94.6 Å². The normalized spacial score (nSPS) is 12.5. The summed E-state index contributed by atoms with van der Waals surface area (Å²) in [6, 6.07) is 14.5. The fraction of sp³-hybridized carbons (Fsp3) is 0.500. The van der Waals surface area contributed by atoms with E-state index in [2.05, 4.69) is 19.4 Å². The summed E-state index contributed by atoms with van der Waals surface area (Å²) in [5, 5.41) is 23.7. The molecule has 0 bridgehead atoms. The minimum atomic E-state index is -0.615. The van der Waals surface area contributed by atoms with Crippen LogP contribution in [-0.2, 0) is 0 Å². The molecule has 194 valence electrons. The fourth-order valence-corrected chi connectivity index (χ4v) is 3.15. The maximum atomic E-state index is 10.4. The topological polar surface area (TPSA) is 89.4 Å². The molecule has 0 heterocycles. The number of ether oxygens (including phenoxy) is 4. The van der Waals surface area contributed by atoms with Gasteiger partial charge in [0.05, 0.1) is 34.9 Å². The first-order valence-electron chi connectivity index (χ1n) is 10.7. The van der Waals surface area contributed by atoms with Crippen molar-refractivity contribution in [2.24, 2.45) is 0 Å². The number of methoxy groups -OCH3 is 2. The maximum absolute atomic E-state index is 10.4. The van der Waals surface area contributed by atoms with Gasteiger partial charge in [0.15, 0.2) is 0 Å². The molecule has 0 aliphatic heterocycles. The van der Waals surface area contributed by atoms with E-state index in [1.165, 1.54) is 0 Å². The minimum absolute atomic E-state index is 0. The third kappa shape index (κ3) is 12.5. The summed E-state index contributed by atoms with van der Waals surface area (Å²) in [7, 11) is 7.34. The molecule has 0 aliphatic rings. The Hall–Kier alpha value is -1.94. The van der Waals surface area contributed by atoms with Crippen LogP contribution in [0.25, 0.3) is 0 Å². The summed E-state index contributed by atoms with van der Waals surface area (Å²) in [6.45, 7) is 2.92. The molecule has 0 spiro atoms. The fourth-order valence-electron chi connectivity index (χ4n) is 3.15. The van der Waals surface area contributed by atoms with Gasteiger partial charge in [-0.05, 0) is 48.5 Å². The van der Waals surface area contributed by atoms with Gasteiger partial charge in [0, 0.05) is 13.1 Å². The van der Waals surface area contributed by atoms with Gasteiger partial charge in [-0.3, -0.25) is 0 Å². The predicted molar refractivity (Wildman–Crippen MR) is 131 cm³/mol. The smallest absolute Gasteiger partial charge is 0.137 e. The van der Waals surface area contributed by atoms with E-state index in [-0.39, 0.29) is 38.0 Å². The molecule has 8 nitrogen and oxygen atoms in total. The van der Waals surface area contributed by atoms with Gasteiger partial charge in [-0.25, -0.2) is 0 Å². The Morgan fingerprint density at radius 1 is 0.765 bits per heavy atom. The number of quaternary nitrogens is 1. The van der Waals surface area contributed by atoms with Gasteiger partial charge in [-0.15, -0.1) is 12.4 Å². The van der Waals surface area contributed by atoms with Crippen molar-refractivity contribution in [3.8, 4) is 23.0 Å². The molecule has 34 heavy (non-hydrogen) atoms. The predicted octanol–water partition coefficient (Wildman–Crippen LogP) is -1.02. The largest absolute Gasteiger partial charge is 1.00 e. The van der Waals surface area contributed by atoms with Crippen LogP contribution < -0.4 is 36.7 Å². The third-order valence-corrected chi connectivity index (χ3v) is 4.98. The number of nitrogens with zero attached hydrogens (tertiary/aromatic N) is 1. The molecule has 0 aliphatic carbocycles. The molecule has 0 saturated carbocycles. The van der Waals surface area contributed by atoms with E-state index < -0.39 is 12.2 Å². The SMILES string of the molecule is COc1ccc(OCC(O)CNCC[N+](C)(C)CC(O)COc2ccc(OC)cc2)cc1.Cl.[Cl-]. The van der Waals surface area contributed by atoms with Crippen molar-refractivity contribution in [2.75, 3.05) is 67.7 Å². The summed E-state index contributed by atoms with van der Waals surface area (Å²) in [5.41, 5.74) is 0. The number of nitrogens with one attached hydrogen (secondary N) is 1. The Balaban J connectivity index is 0.00000544. The van der Waals surface area contributed by atoms with Crippen molar-refractivity contribution < 1.29 is 46.1 Å². The summed E-state index contributed by atoms with van der Waals surface area (Å²) in [4.78, 5) is 0. The van der Waals surface area contributed by atoms with Crippen LogP contribution in [0.2, 0.25) is 0 Å². The van der Waals surface area contributed by atoms with Crippen molar-refractivity contribution in [3.05, 3.63) is 48.5 Å². The van der Waals surface area contributed by atoms with Crippen LogP contribution in [0.4, 0.5) is 0 Å². The van der Waals surface area contributed by atoms with E-state index in [1.54, 1.807) is 14.2 Å². The number of rotatable bonds is 15. The van der Waals surface area contributed by atoms with E-state index in [0.29, 0.717) is 35.6 Å². The Kier molecular flexibility index (Phi) is 15.7. The highest BCUT2D eigenvalue weighted by Crippen LogP contribution is 2.18. The first-order valence-corrected chi connectivity index (χ1v) is 10.7. The molecule has 3 N–H and O–H groups in total. The first kappa shape index (κ1) is 32.1. The highest BCUT2D eigenvalue weighted by atomic mass is 35.5. The quantitative estimate of drug-likeness (QED) is 0.204. The molecule has 2 rings (SSSR count). The van der Waals surface area contributed by atoms with Crippen LogP contribution >= 0.6 is 12.4 Å². The average Bonchev–Trinajstić information content (AvgIpc) is 2.79. The Morgan fingerprint density at radius 2 is 1.18 bits per heavy atom. The molecular weight excluding hydrogens is 483 g/mol. The van der Waals surface area contributed by atoms with Gasteiger partial charge in [0.25, 0.3) is 0 Å². The molecule has 0 fully saturated rings. The zero-order chi connectivity index (χ0) is 23.4. The van der Waals surface area contributed by atoms with Gasteiger partial charge >= 0.3 is 0 Å². The van der Waals surface area contributed by atoms with Crippen LogP contribution in [0.1, 0.15) is 0 Å². The molecular formula is C24H38Cl2N2O6. The molecule has 2 aromatic carbocycles. The zero-order valence-electron chi connectivity index (χ0n) is 20.3. The molecule has 0 saturated heterocycles. The van der Waals surface area contributed by atoms with E-state index >= 15 is 0 Å². The Bertz CT molecular complexity index is 778. The monoisotopic (exact) mass is 520 g/mol. The van der Waals surface area contributed by atoms with Crippen molar-refractivity contribution in [1.29, 1.82) is 0 Å². The Morgan fingerprint density at radius 3 is 1.62 bits per heavy atom. The second-order valence-corrected chi connectivity index (χ2v) is 8.33. The second-order valence-electron chi connectivity index (χ2n) is 8.33. The number of halogens is 2. The Labute approximate surface area is 215 Å². The van der Waals surface area contributed by atoms with Crippen LogP contribution in [0, 0.1) is 0 Å². The highest BCUT2D eigenvalue weighted by molar-refractivity contribution is 5.85. The van der Waals surface area contributed by atoms with E-state index in [9.17, 15) is 10.2 Å².